The molecule has 0 unspecified atom stereocenters. The molecule has 11 heteroatoms. The Morgan fingerprint density at radius 2 is 1.73 bits per heavy atom. The highest BCUT2D eigenvalue weighted by Crippen LogP contribution is 2.25. The molecule has 1 aliphatic heterocycles. The number of aromatic nitrogens is 6. The van der Waals surface area contributed by atoms with Crippen molar-refractivity contribution in [1.29, 1.82) is 0 Å². The molecule has 1 saturated heterocycles. The highest BCUT2D eigenvalue weighted by Gasteiger charge is 2.34. The molecule has 156 valence electrons. The van der Waals surface area contributed by atoms with Gasteiger partial charge >= 0.3 is 5.69 Å². The third kappa shape index (κ3) is 3.38. The van der Waals surface area contributed by atoms with Crippen LogP contribution in [0.1, 0.15) is 11.4 Å². The Morgan fingerprint density at radius 3 is 2.40 bits per heavy atom. The van der Waals surface area contributed by atoms with Crippen LogP contribution in [-0.4, -0.2) is 47.9 Å². The number of aryl methyl sites for hydroxylation is 2. The lowest BCUT2D eigenvalue weighted by Gasteiger charge is -2.39. The zero-order valence-corrected chi connectivity index (χ0v) is 17.2. The predicted molar refractivity (Wildman–Crippen MR) is 110 cm³/mol. The Labute approximate surface area is 171 Å². The molecule has 0 saturated carbocycles. The van der Waals surface area contributed by atoms with Gasteiger partial charge in [-0.05, 0) is 19.9 Å². The summed E-state index contributed by atoms with van der Waals surface area (Å²) in [5, 5.41) is 7.11. The van der Waals surface area contributed by atoms with Crippen LogP contribution in [0.3, 0.4) is 0 Å². The second-order valence-corrected chi connectivity index (χ2v) is 7.43. The second-order valence-electron chi connectivity index (χ2n) is 7.43. The summed E-state index contributed by atoms with van der Waals surface area (Å²) in [6, 6.07) is 5.04. The van der Waals surface area contributed by atoms with E-state index in [9.17, 15) is 14.4 Å². The standard InChI is InChI=1S/C19H22N8O3/c1-11-5-12(2)27(23-11)15-6-14(20-10-21-15)26-8-13(9-26)18(29)22-16-7-17(28)25(4)19(30)24(16)3/h5-7,10,13H,8-9H2,1-4H3,(H,22,29). The van der Waals surface area contributed by atoms with Gasteiger partial charge in [0.1, 0.15) is 18.0 Å². The highest BCUT2D eigenvalue weighted by atomic mass is 16.2. The van der Waals surface area contributed by atoms with Gasteiger partial charge in [-0.1, -0.05) is 0 Å². The van der Waals surface area contributed by atoms with E-state index in [1.54, 1.807) is 4.68 Å². The van der Waals surface area contributed by atoms with Crippen LogP contribution >= 0.6 is 0 Å². The van der Waals surface area contributed by atoms with E-state index in [0.29, 0.717) is 24.7 Å². The first-order chi connectivity index (χ1) is 14.2. The van der Waals surface area contributed by atoms with Crippen molar-refractivity contribution in [2.75, 3.05) is 23.3 Å². The summed E-state index contributed by atoms with van der Waals surface area (Å²) < 4.78 is 3.97. The van der Waals surface area contributed by atoms with E-state index in [1.807, 2.05) is 30.9 Å². The summed E-state index contributed by atoms with van der Waals surface area (Å²) in [5.41, 5.74) is 0.906. The van der Waals surface area contributed by atoms with Crippen LogP contribution in [0.25, 0.3) is 5.82 Å². The lowest BCUT2D eigenvalue weighted by molar-refractivity contribution is -0.120. The molecule has 1 fully saturated rings. The Kier molecular flexibility index (Phi) is 4.72. The van der Waals surface area contributed by atoms with E-state index in [0.717, 1.165) is 16.0 Å². The van der Waals surface area contributed by atoms with Gasteiger partial charge in [0, 0.05) is 45.0 Å². The monoisotopic (exact) mass is 410 g/mol. The van der Waals surface area contributed by atoms with Crippen molar-refractivity contribution in [1.82, 2.24) is 28.9 Å². The first-order valence-electron chi connectivity index (χ1n) is 9.43. The molecule has 3 aromatic rings. The van der Waals surface area contributed by atoms with Gasteiger partial charge in [0.25, 0.3) is 5.56 Å². The van der Waals surface area contributed by atoms with Gasteiger partial charge in [0.15, 0.2) is 5.82 Å². The number of rotatable bonds is 4. The molecule has 4 rings (SSSR count). The molecule has 0 spiro atoms. The summed E-state index contributed by atoms with van der Waals surface area (Å²) in [6.45, 7) is 4.81. The van der Waals surface area contributed by atoms with Crippen LogP contribution < -0.4 is 21.5 Å². The van der Waals surface area contributed by atoms with Crippen molar-refractivity contribution in [3.63, 3.8) is 0 Å². The van der Waals surface area contributed by atoms with Gasteiger partial charge in [0.05, 0.1) is 11.6 Å². The van der Waals surface area contributed by atoms with Gasteiger partial charge in [0.2, 0.25) is 5.91 Å². The van der Waals surface area contributed by atoms with Crippen molar-refractivity contribution >= 4 is 17.5 Å². The molecule has 1 amide bonds. The molecule has 0 aliphatic carbocycles. The van der Waals surface area contributed by atoms with Crippen LogP contribution in [0.15, 0.2) is 34.1 Å². The first-order valence-corrected chi connectivity index (χ1v) is 9.43. The number of carbonyl (C=O) groups is 1. The van der Waals surface area contributed by atoms with E-state index in [-0.39, 0.29) is 17.6 Å². The molecule has 1 N–H and O–H groups in total. The lowest BCUT2D eigenvalue weighted by Crippen LogP contribution is -2.53. The number of anilines is 2. The average molecular weight is 410 g/mol. The van der Waals surface area contributed by atoms with Crippen LogP contribution in [0.4, 0.5) is 11.6 Å². The van der Waals surface area contributed by atoms with Gasteiger partial charge in [-0.3, -0.25) is 18.7 Å². The Hall–Kier alpha value is -3.76. The minimum atomic E-state index is -0.495. The maximum Gasteiger partial charge on any atom is 0.332 e. The molecule has 0 radical (unpaired) electrons. The fourth-order valence-corrected chi connectivity index (χ4v) is 3.40. The molecule has 3 aromatic heterocycles. The van der Waals surface area contributed by atoms with Crippen molar-refractivity contribution in [3.05, 3.63) is 56.8 Å². The normalized spacial score (nSPS) is 13.9. The molecular formula is C19H22N8O3. The van der Waals surface area contributed by atoms with Crippen molar-refractivity contribution in [3.8, 4) is 5.82 Å². The smallest absolute Gasteiger partial charge is 0.332 e. The van der Waals surface area contributed by atoms with Gasteiger partial charge in [-0.25, -0.2) is 19.4 Å². The molecular weight excluding hydrogens is 388 g/mol. The third-order valence-electron chi connectivity index (χ3n) is 5.22. The van der Waals surface area contributed by atoms with Crippen molar-refractivity contribution < 1.29 is 4.79 Å². The van der Waals surface area contributed by atoms with Crippen LogP contribution in [0.2, 0.25) is 0 Å². The quantitative estimate of drug-likeness (QED) is 0.630. The Balaban J connectivity index is 1.45. The van der Waals surface area contributed by atoms with Gasteiger partial charge < -0.3 is 10.2 Å². The molecule has 1 aliphatic rings. The van der Waals surface area contributed by atoms with E-state index < -0.39 is 11.2 Å². The fourth-order valence-electron chi connectivity index (χ4n) is 3.40. The molecule has 0 aromatic carbocycles. The summed E-state index contributed by atoms with van der Waals surface area (Å²) in [5.74, 6) is 1.02. The Bertz CT molecular complexity index is 1250. The van der Waals surface area contributed by atoms with Crippen LogP contribution in [0.5, 0.6) is 0 Å². The topological polar surface area (TPSA) is 120 Å². The number of hydrogen-bond acceptors (Lipinski definition) is 7. The zero-order chi connectivity index (χ0) is 21.6. The maximum atomic E-state index is 12.6. The summed E-state index contributed by atoms with van der Waals surface area (Å²) in [4.78, 5) is 46.9. The van der Waals surface area contributed by atoms with Crippen LogP contribution in [0, 0.1) is 19.8 Å². The van der Waals surface area contributed by atoms with Gasteiger partial charge in [-0.15, -0.1) is 0 Å². The molecule has 0 atom stereocenters. The number of hydrogen-bond donors (Lipinski definition) is 1. The van der Waals surface area contributed by atoms with Crippen molar-refractivity contribution in [2.24, 2.45) is 20.0 Å². The zero-order valence-electron chi connectivity index (χ0n) is 17.2. The summed E-state index contributed by atoms with van der Waals surface area (Å²) in [7, 11) is 2.90. The minimum Gasteiger partial charge on any atom is -0.355 e. The Morgan fingerprint density at radius 1 is 1.03 bits per heavy atom. The van der Waals surface area contributed by atoms with Gasteiger partial charge in [-0.2, -0.15) is 5.10 Å². The number of amides is 1. The van der Waals surface area contributed by atoms with E-state index in [4.69, 9.17) is 0 Å². The SMILES string of the molecule is Cc1cc(C)n(-c2cc(N3CC(C(=O)Nc4cc(=O)n(C)c(=O)n4C)C3)ncn2)n1. The van der Waals surface area contributed by atoms with E-state index in [2.05, 4.69) is 20.4 Å². The maximum absolute atomic E-state index is 12.6. The number of nitrogens with one attached hydrogen (secondary N) is 1. The molecule has 11 nitrogen and oxygen atoms in total. The van der Waals surface area contributed by atoms with E-state index >= 15 is 0 Å². The lowest BCUT2D eigenvalue weighted by atomic mass is 9.99. The summed E-state index contributed by atoms with van der Waals surface area (Å²) in [6.07, 6.45) is 1.48. The predicted octanol–water partition coefficient (Wildman–Crippen LogP) is -0.249. The molecule has 30 heavy (non-hydrogen) atoms. The third-order valence-corrected chi connectivity index (χ3v) is 5.22. The second kappa shape index (κ2) is 7.25. The van der Waals surface area contributed by atoms with Crippen molar-refractivity contribution in [2.45, 2.75) is 13.8 Å². The largest absolute Gasteiger partial charge is 0.355 e. The first kappa shape index (κ1) is 19.6. The minimum absolute atomic E-state index is 0.181. The fraction of sp³-hybridized carbons (Fsp3) is 0.368. The molecule has 4 heterocycles. The summed E-state index contributed by atoms with van der Waals surface area (Å²) >= 11 is 0. The molecule has 0 bridgehead atoms. The number of nitrogens with zero attached hydrogens (tertiary/aromatic N) is 7. The van der Waals surface area contributed by atoms with Crippen LogP contribution in [-0.2, 0) is 18.9 Å². The average Bonchev–Trinajstić information content (AvgIpc) is 3.01. The highest BCUT2D eigenvalue weighted by molar-refractivity contribution is 5.93. The number of carbonyl (C=O) groups excluding carboxylic acids is 1. The van der Waals surface area contributed by atoms with E-state index in [1.165, 1.54) is 31.1 Å².